The molecule has 1 unspecified atom stereocenters. The van der Waals surface area contributed by atoms with E-state index in [-0.39, 0.29) is 0 Å². The summed E-state index contributed by atoms with van der Waals surface area (Å²) in [5, 5.41) is 7.14. The third-order valence-electron chi connectivity index (χ3n) is 1.43. The summed E-state index contributed by atoms with van der Waals surface area (Å²) in [6, 6.07) is 9.77. The molecule has 0 fully saturated rings. The minimum absolute atomic E-state index is 0.769. The van der Waals surface area contributed by atoms with Crippen LogP contribution in [0.15, 0.2) is 41.1 Å². The van der Waals surface area contributed by atoms with E-state index < -0.39 is 11.1 Å². The van der Waals surface area contributed by atoms with Crippen molar-refractivity contribution in [2.45, 2.75) is 0 Å². The van der Waals surface area contributed by atoms with E-state index in [1.54, 1.807) is 0 Å². The lowest BCUT2D eigenvalue weighted by molar-refractivity contribution is 0.393. The van der Waals surface area contributed by atoms with E-state index in [0.717, 1.165) is 17.5 Å². The zero-order valence-electron chi connectivity index (χ0n) is 7.99. The zero-order valence-corrected chi connectivity index (χ0v) is 8.81. The highest BCUT2D eigenvalue weighted by Crippen LogP contribution is 2.13. The van der Waals surface area contributed by atoms with Gasteiger partial charge in [0.2, 0.25) is 0 Å². The second kappa shape index (κ2) is 6.05. The molecular weight excluding hydrogens is 216 g/mol. The minimum Gasteiger partial charge on any atom is -0.773 e. The molecule has 2 aromatic rings. The fraction of sp³-hybridized carbons (Fsp3) is 0.111. The molecule has 0 amide bonds. The summed E-state index contributed by atoms with van der Waals surface area (Å²) in [7, 11) is 0. The molecule has 0 saturated heterocycles. The molecule has 0 spiro atoms. The Bertz CT molecular complexity index is 399. The summed E-state index contributed by atoms with van der Waals surface area (Å²) in [6.07, 6.45) is 2.61. The van der Waals surface area contributed by atoms with E-state index in [1.165, 1.54) is 6.26 Å². The normalized spacial score (nSPS) is 11.3. The monoisotopic (exact) mass is 225 g/mol. The SMILES string of the molecule is CS(=O)[O-].c1ccc(-c2conn2)cc1. The topological polar surface area (TPSA) is 79.0 Å². The number of hydrogen-bond donors (Lipinski definition) is 0. The number of hydrogen-bond acceptors (Lipinski definition) is 5. The van der Waals surface area contributed by atoms with Crippen LogP contribution in [0.3, 0.4) is 0 Å². The number of aromatic nitrogens is 2. The number of nitrogens with zero attached hydrogens (tertiary/aromatic N) is 2. The molecule has 5 nitrogen and oxygen atoms in total. The van der Waals surface area contributed by atoms with Crippen LogP contribution in [-0.2, 0) is 11.1 Å². The molecule has 0 saturated carbocycles. The Labute approximate surface area is 89.4 Å². The van der Waals surface area contributed by atoms with Gasteiger partial charge in [0.05, 0.1) is 0 Å². The Morgan fingerprint density at radius 3 is 2.40 bits per heavy atom. The van der Waals surface area contributed by atoms with Crippen LogP contribution in [0.25, 0.3) is 11.3 Å². The molecular formula is C9H9N2O3S-. The van der Waals surface area contributed by atoms with Gasteiger partial charge in [0, 0.05) is 10.8 Å². The first-order chi connectivity index (χ1) is 7.20. The minimum atomic E-state index is -1.86. The standard InChI is InChI=1S/C8H6N2O.CH4O2S/c1-2-4-7(5-3-1)8-6-11-10-9-8;1-4(2)3/h1-6H;1H3,(H,2,3)/p-1. The highest BCUT2D eigenvalue weighted by Gasteiger charge is 1.98. The Morgan fingerprint density at radius 1 is 1.33 bits per heavy atom. The Balaban J connectivity index is 0.000000245. The van der Waals surface area contributed by atoms with Crippen molar-refractivity contribution in [1.29, 1.82) is 0 Å². The lowest BCUT2D eigenvalue weighted by Crippen LogP contribution is -1.75. The Hall–Kier alpha value is -1.53. The van der Waals surface area contributed by atoms with Gasteiger partial charge in [-0.3, -0.25) is 4.21 Å². The lowest BCUT2D eigenvalue weighted by Gasteiger charge is -1.89. The van der Waals surface area contributed by atoms with Crippen LogP contribution >= 0.6 is 0 Å². The molecule has 1 heterocycles. The van der Waals surface area contributed by atoms with Gasteiger partial charge in [0.25, 0.3) is 0 Å². The molecule has 2 rings (SSSR count). The van der Waals surface area contributed by atoms with Gasteiger partial charge in [-0.25, -0.2) is 0 Å². The molecule has 0 N–H and O–H groups in total. The van der Waals surface area contributed by atoms with E-state index in [9.17, 15) is 0 Å². The zero-order chi connectivity index (χ0) is 11.1. The quantitative estimate of drug-likeness (QED) is 0.682. The van der Waals surface area contributed by atoms with Crippen molar-refractivity contribution in [3.63, 3.8) is 0 Å². The van der Waals surface area contributed by atoms with Gasteiger partial charge < -0.3 is 9.08 Å². The molecule has 1 atom stereocenters. The summed E-state index contributed by atoms with van der Waals surface area (Å²) in [4.78, 5) is 0. The molecule has 15 heavy (non-hydrogen) atoms. The molecule has 80 valence electrons. The van der Waals surface area contributed by atoms with Gasteiger partial charge in [-0.2, -0.15) is 0 Å². The van der Waals surface area contributed by atoms with Crippen LogP contribution in [0, 0.1) is 0 Å². The van der Waals surface area contributed by atoms with Crippen molar-refractivity contribution in [3.05, 3.63) is 36.6 Å². The van der Waals surface area contributed by atoms with Gasteiger partial charge >= 0.3 is 0 Å². The van der Waals surface area contributed by atoms with Gasteiger partial charge in [0.1, 0.15) is 5.69 Å². The second-order valence-electron chi connectivity index (χ2n) is 2.56. The largest absolute Gasteiger partial charge is 0.773 e. The molecule has 0 aliphatic rings. The van der Waals surface area contributed by atoms with Gasteiger partial charge in [-0.1, -0.05) is 41.4 Å². The summed E-state index contributed by atoms with van der Waals surface area (Å²) in [5.74, 6) is 0. The number of rotatable bonds is 1. The maximum absolute atomic E-state index is 9.00. The summed E-state index contributed by atoms with van der Waals surface area (Å²) >= 11 is -1.86. The Morgan fingerprint density at radius 2 is 1.93 bits per heavy atom. The second-order valence-corrected chi connectivity index (χ2v) is 3.36. The summed E-state index contributed by atoms with van der Waals surface area (Å²) in [6.45, 7) is 0. The molecule has 6 heteroatoms. The molecule has 0 bridgehead atoms. The summed E-state index contributed by atoms with van der Waals surface area (Å²) < 4.78 is 22.6. The fourth-order valence-electron chi connectivity index (χ4n) is 0.899. The molecule has 1 aromatic heterocycles. The van der Waals surface area contributed by atoms with Crippen LogP contribution in [0.5, 0.6) is 0 Å². The fourth-order valence-corrected chi connectivity index (χ4v) is 0.899. The average molecular weight is 225 g/mol. The van der Waals surface area contributed by atoms with Crippen LogP contribution in [0.2, 0.25) is 0 Å². The highest BCUT2D eigenvalue weighted by molar-refractivity contribution is 7.78. The predicted molar refractivity (Wildman–Crippen MR) is 54.6 cm³/mol. The van der Waals surface area contributed by atoms with Crippen LogP contribution < -0.4 is 0 Å². The molecule has 1 aromatic carbocycles. The molecule has 0 aliphatic heterocycles. The van der Waals surface area contributed by atoms with Crippen molar-refractivity contribution in [2.75, 3.05) is 6.26 Å². The predicted octanol–water partition coefficient (Wildman–Crippen LogP) is 1.23. The highest BCUT2D eigenvalue weighted by atomic mass is 32.2. The Kier molecular flexibility index (Phi) is 4.65. The smallest absolute Gasteiger partial charge is 0.152 e. The average Bonchev–Trinajstić information content (AvgIpc) is 2.71. The van der Waals surface area contributed by atoms with Gasteiger partial charge in [-0.05, 0) is 6.26 Å². The van der Waals surface area contributed by atoms with Crippen molar-refractivity contribution in [2.24, 2.45) is 0 Å². The maximum Gasteiger partial charge on any atom is 0.152 e. The summed E-state index contributed by atoms with van der Waals surface area (Å²) in [5.41, 5.74) is 1.79. The number of benzene rings is 1. The van der Waals surface area contributed by atoms with E-state index >= 15 is 0 Å². The van der Waals surface area contributed by atoms with Gasteiger partial charge in [0.15, 0.2) is 6.26 Å². The maximum atomic E-state index is 9.00. The van der Waals surface area contributed by atoms with E-state index in [2.05, 4.69) is 14.9 Å². The van der Waals surface area contributed by atoms with Crippen LogP contribution in [-0.4, -0.2) is 25.4 Å². The molecule has 0 radical (unpaired) electrons. The van der Waals surface area contributed by atoms with E-state index in [0.29, 0.717) is 0 Å². The van der Waals surface area contributed by atoms with E-state index in [4.69, 9.17) is 8.76 Å². The van der Waals surface area contributed by atoms with Crippen molar-refractivity contribution in [1.82, 2.24) is 10.4 Å². The first-order valence-electron chi connectivity index (χ1n) is 4.03. The van der Waals surface area contributed by atoms with Crippen LogP contribution in [0.1, 0.15) is 0 Å². The third-order valence-corrected chi connectivity index (χ3v) is 1.43. The molecule has 0 aliphatic carbocycles. The lowest BCUT2D eigenvalue weighted by atomic mass is 10.2. The first-order valence-corrected chi connectivity index (χ1v) is 5.52. The van der Waals surface area contributed by atoms with E-state index in [1.807, 2.05) is 30.3 Å². The van der Waals surface area contributed by atoms with Crippen molar-refractivity contribution < 1.29 is 13.3 Å². The first kappa shape index (κ1) is 11.5. The van der Waals surface area contributed by atoms with Crippen LogP contribution in [0.4, 0.5) is 0 Å². The third kappa shape index (κ3) is 4.48. The van der Waals surface area contributed by atoms with Crippen molar-refractivity contribution >= 4 is 11.1 Å². The van der Waals surface area contributed by atoms with Gasteiger partial charge in [-0.15, -0.1) is 5.10 Å². The van der Waals surface area contributed by atoms with Crippen molar-refractivity contribution in [3.8, 4) is 11.3 Å².